The Morgan fingerprint density at radius 1 is 1.29 bits per heavy atom. The van der Waals surface area contributed by atoms with E-state index in [-0.39, 0.29) is 0 Å². The minimum Gasteiger partial charge on any atom is -0.225 e. The van der Waals surface area contributed by atoms with Gasteiger partial charge in [-0.1, -0.05) is 26.2 Å². The van der Waals surface area contributed by atoms with E-state index in [1.807, 2.05) is 13.8 Å². The number of aliphatic imine (C=N–C) groups is 2. The van der Waals surface area contributed by atoms with Gasteiger partial charge in [-0.15, -0.1) is 0 Å². The monoisotopic (exact) mass is 194 g/mol. The first-order valence-electron chi connectivity index (χ1n) is 5.81. The van der Waals surface area contributed by atoms with Crippen molar-refractivity contribution in [3.8, 4) is 0 Å². The Balaban J connectivity index is 2.32. The largest absolute Gasteiger partial charge is 0.225 e. The lowest BCUT2D eigenvalue weighted by Gasteiger charge is -2.26. The topological polar surface area (TPSA) is 24.7 Å². The van der Waals surface area contributed by atoms with E-state index in [4.69, 9.17) is 0 Å². The van der Waals surface area contributed by atoms with Crippen molar-refractivity contribution in [2.75, 3.05) is 6.54 Å². The van der Waals surface area contributed by atoms with Crippen molar-refractivity contribution in [2.45, 2.75) is 52.5 Å². The number of hydrogen-bond acceptors (Lipinski definition) is 2. The lowest BCUT2D eigenvalue weighted by Crippen LogP contribution is -2.19. The summed E-state index contributed by atoms with van der Waals surface area (Å²) in [5.41, 5.74) is 0. The normalized spacial score (nSPS) is 27.1. The SMILES string of the molecule is CC(C)N=C=NCC1CCCCC1C. The molecule has 2 nitrogen and oxygen atoms in total. The highest BCUT2D eigenvalue weighted by atomic mass is 14.8. The molecule has 2 heteroatoms. The molecule has 2 unspecified atom stereocenters. The van der Waals surface area contributed by atoms with Gasteiger partial charge in [0.1, 0.15) is 0 Å². The highest BCUT2D eigenvalue weighted by Crippen LogP contribution is 2.29. The summed E-state index contributed by atoms with van der Waals surface area (Å²) in [5.74, 6) is 1.62. The summed E-state index contributed by atoms with van der Waals surface area (Å²) in [6, 6.07) is 3.12. The summed E-state index contributed by atoms with van der Waals surface area (Å²) in [5, 5.41) is 0. The first kappa shape index (κ1) is 11.5. The molecule has 1 saturated carbocycles. The molecule has 0 spiro atoms. The summed E-state index contributed by atoms with van der Waals surface area (Å²) >= 11 is 0. The van der Waals surface area contributed by atoms with Crippen LogP contribution in [0.4, 0.5) is 0 Å². The van der Waals surface area contributed by atoms with Crippen molar-refractivity contribution in [1.82, 2.24) is 0 Å². The predicted molar refractivity (Wildman–Crippen MR) is 61.0 cm³/mol. The van der Waals surface area contributed by atoms with Crippen LogP contribution in [0.1, 0.15) is 46.5 Å². The van der Waals surface area contributed by atoms with Gasteiger partial charge < -0.3 is 0 Å². The van der Waals surface area contributed by atoms with Crippen LogP contribution in [0.25, 0.3) is 0 Å². The molecule has 0 amide bonds. The molecule has 0 saturated heterocycles. The molecule has 0 aromatic rings. The first-order chi connectivity index (χ1) is 6.70. The van der Waals surface area contributed by atoms with E-state index in [0.717, 1.165) is 18.4 Å². The average Bonchev–Trinajstić information content (AvgIpc) is 2.15. The Morgan fingerprint density at radius 3 is 2.64 bits per heavy atom. The molecule has 0 aromatic heterocycles. The van der Waals surface area contributed by atoms with Crippen LogP contribution in [0.5, 0.6) is 0 Å². The zero-order chi connectivity index (χ0) is 10.4. The zero-order valence-electron chi connectivity index (χ0n) is 9.66. The van der Waals surface area contributed by atoms with Crippen LogP contribution in [0.2, 0.25) is 0 Å². The van der Waals surface area contributed by atoms with E-state index >= 15 is 0 Å². The fraction of sp³-hybridized carbons (Fsp3) is 0.917. The molecule has 1 aliphatic carbocycles. The molecule has 14 heavy (non-hydrogen) atoms. The number of hydrogen-bond donors (Lipinski definition) is 0. The lowest BCUT2D eigenvalue weighted by molar-refractivity contribution is 0.264. The maximum atomic E-state index is 4.27. The van der Waals surface area contributed by atoms with E-state index in [0.29, 0.717) is 6.04 Å². The molecular weight excluding hydrogens is 172 g/mol. The van der Waals surface area contributed by atoms with Gasteiger partial charge in [0.05, 0.1) is 18.6 Å². The Bertz CT molecular complexity index is 214. The van der Waals surface area contributed by atoms with E-state index in [2.05, 4.69) is 22.9 Å². The summed E-state index contributed by atoms with van der Waals surface area (Å²) in [6.45, 7) is 7.37. The molecule has 1 aliphatic rings. The van der Waals surface area contributed by atoms with Crippen LogP contribution >= 0.6 is 0 Å². The maximum absolute atomic E-state index is 4.27. The highest BCUT2D eigenvalue weighted by Gasteiger charge is 2.20. The van der Waals surface area contributed by atoms with Gasteiger partial charge in [0, 0.05) is 0 Å². The van der Waals surface area contributed by atoms with Crippen molar-refractivity contribution >= 4 is 6.01 Å². The molecular formula is C12H22N2. The standard InChI is InChI=1S/C12H22N2/c1-10(2)14-9-13-8-12-7-5-4-6-11(12)3/h10-12H,4-8H2,1-3H3. The fourth-order valence-electron chi connectivity index (χ4n) is 1.98. The van der Waals surface area contributed by atoms with Gasteiger partial charge in [-0.3, -0.25) is 0 Å². The Labute approximate surface area is 87.5 Å². The summed E-state index contributed by atoms with van der Waals surface area (Å²) in [4.78, 5) is 8.39. The molecule has 1 rings (SSSR count). The average molecular weight is 194 g/mol. The van der Waals surface area contributed by atoms with Gasteiger partial charge >= 0.3 is 0 Å². The second-order valence-electron chi connectivity index (χ2n) is 4.69. The molecule has 0 aliphatic heterocycles. The summed E-state index contributed by atoms with van der Waals surface area (Å²) < 4.78 is 0. The Kier molecular flexibility index (Phi) is 4.89. The lowest BCUT2D eigenvalue weighted by atomic mass is 9.80. The van der Waals surface area contributed by atoms with Gasteiger partial charge in [0.25, 0.3) is 0 Å². The Morgan fingerprint density at radius 2 is 2.00 bits per heavy atom. The van der Waals surface area contributed by atoms with E-state index < -0.39 is 0 Å². The number of rotatable bonds is 3. The van der Waals surface area contributed by atoms with Gasteiger partial charge in [-0.25, -0.2) is 9.98 Å². The third-order valence-electron chi connectivity index (χ3n) is 3.00. The van der Waals surface area contributed by atoms with E-state index in [1.54, 1.807) is 0 Å². The molecule has 0 aromatic carbocycles. The minimum absolute atomic E-state index is 0.322. The van der Waals surface area contributed by atoms with Crippen molar-refractivity contribution < 1.29 is 0 Å². The summed E-state index contributed by atoms with van der Waals surface area (Å²) in [6.07, 6.45) is 5.50. The molecule has 0 N–H and O–H groups in total. The van der Waals surface area contributed by atoms with Crippen LogP contribution in [-0.4, -0.2) is 18.6 Å². The first-order valence-corrected chi connectivity index (χ1v) is 5.81. The second kappa shape index (κ2) is 5.98. The predicted octanol–water partition coefficient (Wildman–Crippen LogP) is 3.40. The van der Waals surface area contributed by atoms with Crippen LogP contribution < -0.4 is 0 Å². The van der Waals surface area contributed by atoms with Crippen molar-refractivity contribution in [2.24, 2.45) is 21.8 Å². The van der Waals surface area contributed by atoms with Gasteiger partial charge in [-0.05, 0) is 32.1 Å². The van der Waals surface area contributed by atoms with Crippen molar-refractivity contribution in [1.29, 1.82) is 0 Å². The van der Waals surface area contributed by atoms with Gasteiger partial charge in [0.15, 0.2) is 0 Å². The molecule has 0 heterocycles. The fourth-order valence-corrected chi connectivity index (χ4v) is 1.98. The third kappa shape index (κ3) is 4.06. The third-order valence-corrected chi connectivity index (χ3v) is 3.00. The van der Waals surface area contributed by atoms with E-state index in [1.165, 1.54) is 25.7 Å². The highest BCUT2D eigenvalue weighted by molar-refractivity contribution is 5.41. The zero-order valence-corrected chi connectivity index (χ0v) is 9.66. The van der Waals surface area contributed by atoms with Gasteiger partial charge in [0.2, 0.25) is 0 Å². The molecule has 0 radical (unpaired) electrons. The molecule has 0 bridgehead atoms. The van der Waals surface area contributed by atoms with Crippen LogP contribution in [0.15, 0.2) is 9.98 Å². The molecule has 2 atom stereocenters. The van der Waals surface area contributed by atoms with Crippen LogP contribution in [0, 0.1) is 11.8 Å². The minimum atomic E-state index is 0.322. The molecule has 1 fully saturated rings. The summed E-state index contributed by atoms with van der Waals surface area (Å²) in [7, 11) is 0. The van der Waals surface area contributed by atoms with Crippen LogP contribution in [-0.2, 0) is 0 Å². The second-order valence-corrected chi connectivity index (χ2v) is 4.69. The quantitative estimate of drug-likeness (QED) is 0.615. The van der Waals surface area contributed by atoms with Crippen molar-refractivity contribution in [3.05, 3.63) is 0 Å². The Hall–Kier alpha value is -0.620. The number of nitrogens with zero attached hydrogens (tertiary/aromatic N) is 2. The van der Waals surface area contributed by atoms with Crippen LogP contribution in [0.3, 0.4) is 0 Å². The van der Waals surface area contributed by atoms with Gasteiger partial charge in [-0.2, -0.15) is 0 Å². The van der Waals surface area contributed by atoms with Crippen molar-refractivity contribution in [3.63, 3.8) is 0 Å². The maximum Gasteiger partial charge on any atom is 0.0895 e. The van der Waals surface area contributed by atoms with E-state index in [9.17, 15) is 0 Å². The smallest absolute Gasteiger partial charge is 0.0895 e. The molecule has 80 valence electrons.